The Morgan fingerprint density at radius 2 is 2.20 bits per heavy atom. The topological polar surface area (TPSA) is 80.3 Å². The molecule has 1 aromatic carbocycles. The van der Waals surface area contributed by atoms with Crippen molar-refractivity contribution in [3.63, 3.8) is 0 Å². The fourth-order valence-electron chi connectivity index (χ4n) is 1.69. The van der Waals surface area contributed by atoms with E-state index >= 15 is 0 Å². The van der Waals surface area contributed by atoms with Gasteiger partial charge >= 0.3 is 0 Å². The Morgan fingerprint density at radius 3 is 2.80 bits per heavy atom. The van der Waals surface area contributed by atoms with Crippen LogP contribution in [0.5, 0.6) is 5.75 Å². The van der Waals surface area contributed by atoms with E-state index in [2.05, 4.69) is 15.0 Å². The first-order valence-electron chi connectivity index (χ1n) is 5.80. The largest absolute Gasteiger partial charge is 0.495 e. The molecule has 0 radical (unpaired) electrons. The number of ether oxygens (including phenoxy) is 1. The molecule has 6 nitrogen and oxygen atoms in total. The molecule has 2 rings (SSSR count). The highest BCUT2D eigenvalue weighted by atomic mass is 32.2. The molecule has 0 aliphatic carbocycles. The molecule has 20 heavy (non-hydrogen) atoms. The van der Waals surface area contributed by atoms with Gasteiger partial charge in [-0.25, -0.2) is 13.4 Å². The van der Waals surface area contributed by atoms with Crippen molar-refractivity contribution in [3.05, 3.63) is 35.3 Å². The summed E-state index contributed by atoms with van der Waals surface area (Å²) in [6.07, 6.45) is 1.54. The van der Waals surface area contributed by atoms with Gasteiger partial charge in [-0.05, 0) is 24.7 Å². The second kappa shape index (κ2) is 6.21. The highest BCUT2D eigenvalue weighted by Gasteiger charge is 2.21. The first-order chi connectivity index (χ1) is 9.56. The summed E-state index contributed by atoms with van der Waals surface area (Å²) in [5.74, 6) is 0.300. The molecular weight excluding hydrogens is 298 g/mol. The molecule has 0 spiro atoms. The van der Waals surface area contributed by atoms with Crippen molar-refractivity contribution in [2.24, 2.45) is 0 Å². The van der Waals surface area contributed by atoms with Gasteiger partial charge in [-0.3, -0.25) is 4.72 Å². The van der Waals surface area contributed by atoms with Crippen molar-refractivity contribution in [1.82, 2.24) is 10.3 Å². The maximum atomic E-state index is 12.4. The zero-order valence-electron chi connectivity index (χ0n) is 11.1. The number of sulfonamides is 1. The Labute approximate surface area is 121 Å². The number of nitrogens with zero attached hydrogens (tertiary/aromatic N) is 1. The lowest BCUT2D eigenvalue weighted by Gasteiger charge is -2.11. The maximum absolute atomic E-state index is 12.4. The molecule has 2 aromatic rings. The van der Waals surface area contributed by atoms with Crippen LogP contribution in [0.25, 0.3) is 0 Å². The molecule has 0 bridgehead atoms. The van der Waals surface area contributed by atoms with Crippen molar-refractivity contribution in [2.45, 2.75) is 11.4 Å². The summed E-state index contributed by atoms with van der Waals surface area (Å²) in [4.78, 5) is 4.02. The number of benzene rings is 1. The van der Waals surface area contributed by atoms with E-state index in [1.165, 1.54) is 24.6 Å². The van der Waals surface area contributed by atoms with Crippen molar-refractivity contribution < 1.29 is 13.2 Å². The number of hydrogen-bond acceptors (Lipinski definition) is 6. The normalized spacial score (nSPS) is 11.3. The number of hydrogen-bond donors (Lipinski definition) is 2. The van der Waals surface area contributed by atoms with Crippen LogP contribution in [0.3, 0.4) is 0 Å². The van der Waals surface area contributed by atoms with Crippen LogP contribution in [0.1, 0.15) is 5.56 Å². The van der Waals surface area contributed by atoms with Crippen molar-refractivity contribution in [3.8, 4) is 5.75 Å². The van der Waals surface area contributed by atoms with E-state index in [0.717, 1.165) is 5.56 Å². The molecule has 0 aliphatic rings. The first kappa shape index (κ1) is 14.8. The van der Waals surface area contributed by atoms with Crippen LogP contribution in [0.2, 0.25) is 0 Å². The minimum absolute atomic E-state index is 0.1000. The molecule has 2 N–H and O–H groups in total. The maximum Gasteiger partial charge on any atom is 0.267 e. The summed E-state index contributed by atoms with van der Waals surface area (Å²) in [6.45, 7) is 0.573. The number of nitrogens with one attached hydrogen (secondary N) is 2. The predicted octanol–water partition coefficient (Wildman–Crippen LogP) is 1.67. The quantitative estimate of drug-likeness (QED) is 0.848. The van der Waals surface area contributed by atoms with Gasteiger partial charge < -0.3 is 10.1 Å². The summed E-state index contributed by atoms with van der Waals surface area (Å²) in [5.41, 5.74) is 0.854. The molecule has 0 unspecified atom stereocenters. The van der Waals surface area contributed by atoms with Gasteiger partial charge in [-0.15, -0.1) is 11.3 Å². The van der Waals surface area contributed by atoms with Crippen molar-refractivity contribution in [1.29, 1.82) is 0 Å². The van der Waals surface area contributed by atoms with Gasteiger partial charge in [0.05, 0.1) is 7.11 Å². The van der Waals surface area contributed by atoms with Crippen LogP contribution in [-0.2, 0) is 16.6 Å². The third-order valence-corrected chi connectivity index (χ3v) is 4.73. The highest BCUT2D eigenvalue weighted by Crippen LogP contribution is 2.27. The van der Waals surface area contributed by atoms with Crippen LogP contribution in [0, 0.1) is 0 Å². The fourth-order valence-corrected chi connectivity index (χ4v) is 3.70. The Bertz CT molecular complexity index is 669. The monoisotopic (exact) mass is 313 g/mol. The van der Waals surface area contributed by atoms with E-state index in [-0.39, 0.29) is 4.90 Å². The van der Waals surface area contributed by atoms with Crippen LogP contribution < -0.4 is 14.8 Å². The summed E-state index contributed by atoms with van der Waals surface area (Å²) in [7, 11) is -0.484. The predicted molar refractivity (Wildman–Crippen MR) is 78.7 cm³/mol. The van der Waals surface area contributed by atoms with Gasteiger partial charge in [0.2, 0.25) is 0 Å². The molecule has 0 amide bonds. The number of thiazole rings is 1. The summed E-state index contributed by atoms with van der Waals surface area (Å²) in [6, 6.07) is 5.05. The average molecular weight is 313 g/mol. The van der Waals surface area contributed by atoms with Crippen molar-refractivity contribution >= 4 is 26.5 Å². The van der Waals surface area contributed by atoms with E-state index in [0.29, 0.717) is 17.4 Å². The van der Waals surface area contributed by atoms with Crippen molar-refractivity contribution in [2.75, 3.05) is 18.9 Å². The Morgan fingerprint density at radius 1 is 1.40 bits per heavy atom. The van der Waals surface area contributed by atoms with Gasteiger partial charge in [0.15, 0.2) is 5.13 Å². The molecule has 0 aliphatic heterocycles. The van der Waals surface area contributed by atoms with Gasteiger partial charge in [0.25, 0.3) is 10.0 Å². The molecule has 0 atom stereocenters. The number of aromatic nitrogens is 1. The molecule has 1 heterocycles. The SMILES string of the molecule is CNCc1ccc(OC)c(S(=O)(=O)Nc2nccs2)c1. The first-order valence-corrected chi connectivity index (χ1v) is 8.17. The second-order valence-electron chi connectivity index (χ2n) is 3.96. The van der Waals surface area contributed by atoms with E-state index in [1.54, 1.807) is 24.6 Å². The van der Waals surface area contributed by atoms with Gasteiger partial charge in [-0.1, -0.05) is 6.07 Å². The van der Waals surface area contributed by atoms with Crippen LogP contribution in [-0.4, -0.2) is 27.6 Å². The van der Waals surface area contributed by atoms with Crippen LogP contribution in [0.15, 0.2) is 34.7 Å². The minimum Gasteiger partial charge on any atom is -0.495 e. The number of methoxy groups -OCH3 is 1. The number of rotatable bonds is 6. The van der Waals surface area contributed by atoms with E-state index < -0.39 is 10.0 Å². The zero-order chi connectivity index (χ0) is 14.6. The van der Waals surface area contributed by atoms with Gasteiger partial charge in [0, 0.05) is 18.1 Å². The summed E-state index contributed by atoms with van der Waals surface area (Å²) >= 11 is 1.22. The third kappa shape index (κ3) is 3.27. The Hall–Kier alpha value is -1.64. The summed E-state index contributed by atoms with van der Waals surface area (Å²) in [5, 5.41) is 5.01. The number of anilines is 1. The van der Waals surface area contributed by atoms with Gasteiger partial charge in [-0.2, -0.15) is 0 Å². The van der Waals surface area contributed by atoms with E-state index in [9.17, 15) is 8.42 Å². The van der Waals surface area contributed by atoms with E-state index in [4.69, 9.17) is 4.74 Å². The van der Waals surface area contributed by atoms with Crippen LogP contribution >= 0.6 is 11.3 Å². The molecule has 8 heteroatoms. The Kier molecular flexibility index (Phi) is 4.58. The Balaban J connectivity index is 2.40. The molecule has 0 saturated carbocycles. The third-order valence-electron chi connectivity index (χ3n) is 2.55. The molecule has 108 valence electrons. The molecular formula is C12H15N3O3S2. The minimum atomic E-state index is -3.72. The lowest BCUT2D eigenvalue weighted by Crippen LogP contribution is -2.15. The average Bonchev–Trinajstić information content (AvgIpc) is 2.91. The molecule has 1 aromatic heterocycles. The smallest absolute Gasteiger partial charge is 0.267 e. The molecule has 0 fully saturated rings. The fraction of sp³-hybridized carbons (Fsp3) is 0.250. The van der Waals surface area contributed by atoms with E-state index in [1.807, 2.05) is 6.07 Å². The van der Waals surface area contributed by atoms with Gasteiger partial charge in [0.1, 0.15) is 10.6 Å². The molecule has 0 saturated heterocycles. The second-order valence-corrected chi connectivity index (χ2v) is 6.50. The lowest BCUT2D eigenvalue weighted by molar-refractivity contribution is 0.402. The highest BCUT2D eigenvalue weighted by molar-refractivity contribution is 7.93. The summed E-state index contributed by atoms with van der Waals surface area (Å²) < 4.78 is 32.3. The standard InChI is InChI=1S/C12H15N3O3S2/c1-13-8-9-3-4-10(18-2)11(7-9)20(16,17)15-12-14-5-6-19-12/h3-7,13H,8H2,1-2H3,(H,14,15). The zero-order valence-corrected chi connectivity index (χ0v) is 12.7. The lowest BCUT2D eigenvalue weighted by atomic mass is 10.2. The van der Waals surface area contributed by atoms with Crippen LogP contribution in [0.4, 0.5) is 5.13 Å².